The molecule has 1 heterocycles. The fourth-order valence-corrected chi connectivity index (χ4v) is 0.500. The topological polar surface area (TPSA) is 46.2 Å². The second-order valence-electron chi connectivity index (χ2n) is 1.75. The molecule has 0 bridgehead atoms. The zero-order chi connectivity index (χ0) is 7.78. The normalized spacial score (nSPS) is 22.6. The van der Waals surface area contributed by atoms with Crippen LogP contribution in [-0.4, -0.2) is 17.6 Å². The third-order valence-corrected chi connectivity index (χ3v) is 1.04. The number of carbonyl (C=O) groups excluding carboxylic acids is 2. The molecule has 0 saturated heterocycles. The van der Waals surface area contributed by atoms with Crippen LogP contribution in [0.25, 0.3) is 0 Å². The number of amides is 1. The minimum atomic E-state index is -3.88. The molecule has 5 heteroatoms. The molecule has 0 saturated carbocycles. The van der Waals surface area contributed by atoms with E-state index in [1.165, 1.54) is 0 Å². The molecular formula is C5H3F2NO2. The molecule has 0 aromatic heterocycles. The van der Waals surface area contributed by atoms with Gasteiger partial charge in [-0.1, -0.05) is 0 Å². The van der Waals surface area contributed by atoms with Crippen LogP contribution in [0.4, 0.5) is 8.78 Å². The van der Waals surface area contributed by atoms with Crippen LogP contribution in [0.3, 0.4) is 0 Å². The van der Waals surface area contributed by atoms with Crippen LogP contribution in [0.5, 0.6) is 0 Å². The molecule has 54 valence electrons. The average Bonchev–Trinajstić information content (AvgIpc) is 1.84. The van der Waals surface area contributed by atoms with Crippen molar-refractivity contribution in [2.24, 2.45) is 0 Å². The van der Waals surface area contributed by atoms with Crippen molar-refractivity contribution in [3.63, 3.8) is 0 Å². The minimum absolute atomic E-state index is 0.626. The first-order valence-corrected chi connectivity index (χ1v) is 2.45. The first kappa shape index (κ1) is 6.85. The molecule has 0 aromatic carbocycles. The number of ketones is 1. The Morgan fingerprint density at radius 1 is 1.40 bits per heavy atom. The van der Waals surface area contributed by atoms with Crippen molar-refractivity contribution in [2.45, 2.75) is 5.92 Å². The largest absolute Gasteiger partial charge is 0.385 e. The summed E-state index contributed by atoms with van der Waals surface area (Å²) in [5, 5.41) is 1.71. The molecule has 3 nitrogen and oxygen atoms in total. The summed E-state index contributed by atoms with van der Waals surface area (Å²) in [6, 6.07) is 0. The molecule has 0 spiro atoms. The summed E-state index contributed by atoms with van der Waals surface area (Å²) < 4.78 is 24.4. The van der Waals surface area contributed by atoms with Crippen LogP contribution in [0.1, 0.15) is 0 Å². The second-order valence-corrected chi connectivity index (χ2v) is 1.75. The van der Waals surface area contributed by atoms with Crippen LogP contribution >= 0.6 is 0 Å². The molecule has 1 aliphatic heterocycles. The molecule has 1 amide bonds. The lowest BCUT2D eigenvalue weighted by atomic mass is 10.1. The Bertz CT molecular complexity index is 222. The lowest BCUT2D eigenvalue weighted by molar-refractivity contribution is -0.155. The molecule has 1 N–H and O–H groups in total. The summed E-state index contributed by atoms with van der Waals surface area (Å²) in [7, 11) is 0. The number of hydrogen-bond acceptors (Lipinski definition) is 2. The summed E-state index contributed by atoms with van der Waals surface area (Å²) in [5.41, 5.74) is 0. The van der Waals surface area contributed by atoms with Gasteiger partial charge in [0.15, 0.2) is 0 Å². The number of halogens is 2. The van der Waals surface area contributed by atoms with Gasteiger partial charge in [-0.3, -0.25) is 9.59 Å². The van der Waals surface area contributed by atoms with Crippen molar-refractivity contribution in [3.8, 4) is 0 Å². The molecule has 1 rings (SSSR count). The number of nitrogens with one attached hydrogen (secondary N) is 1. The van der Waals surface area contributed by atoms with Crippen LogP contribution in [0.2, 0.25) is 0 Å². The molecule has 0 unspecified atom stereocenters. The van der Waals surface area contributed by atoms with Crippen molar-refractivity contribution < 1.29 is 18.4 Å². The molecule has 1 aliphatic rings. The summed E-state index contributed by atoms with van der Waals surface area (Å²) in [6.07, 6.45) is 1.52. The van der Waals surface area contributed by atoms with E-state index in [4.69, 9.17) is 0 Å². The number of alkyl halides is 2. The smallest absolute Gasteiger partial charge is 0.327 e. The first-order chi connectivity index (χ1) is 4.55. The average molecular weight is 147 g/mol. The molecule has 0 aliphatic carbocycles. The van der Waals surface area contributed by atoms with Gasteiger partial charge >= 0.3 is 11.8 Å². The standard InChI is InChI=1S/C5H3F2NO2/c6-5(7)3(9)1-2-8-4(5)10/h1-2H,(H,8,10). The monoisotopic (exact) mass is 147 g/mol. The molecule has 0 atom stereocenters. The highest BCUT2D eigenvalue weighted by molar-refractivity contribution is 6.14. The molecular weight excluding hydrogens is 144 g/mol. The van der Waals surface area contributed by atoms with Gasteiger partial charge < -0.3 is 5.32 Å². The lowest BCUT2D eigenvalue weighted by Crippen LogP contribution is -2.46. The molecule has 0 aromatic rings. The Kier molecular flexibility index (Phi) is 1.28. The van der Waals surface area contributed by atoms with Crippen molar-refractivity contribution in [1.82, 2.24) is 5.32 Å². The van der Waals surface area contributed by atoms with Crippen molar-refractivity contribution in [2.75, 3.05) is 0 Å². The van der Waals surface area contributed by atoms with Gasteiger partial charge in [0.25, 0.3) is 0 Å². The second kappa shape index (κ2) is 1.86. The number of carbonyl (C=O) groups is 2. The highest BCUT2D eigenvalue weighted by Gasteiger charge is 2.46. The van der Waals surface area contributed by atoms with Crippen LogP contribution in [0.15, 0.2) is 12.3 Å². The van der Waals surface area contributed by atoms with Gasteiger partial charge in [0, 0.05) is 12.3 Å². The van der Waals surface area contributed by atoms with E-state index >= 15 is 0 Å². The third kappa shape index (κ3) is 0.792. The highest BCUT2D eigenvalue weighted by Crippen LogP contribution is 2.17. The highest BCUT2D eigenvalue weighted by atomic mass is 19.3. The van der Waals surface area contributed by atoms with E-state index in [0.717, 1.165) is 6.20 Å². The van der Waals surface area contributed by atoms with Gasteiger partial charge in [0.05, 0.1) is 0 Å². The Balaban J connectivity index is 3.00. The predicted octanol–water partition coefficient (Wildman–Crippen LogP) is -0.166. The molecule has 0 fully saturated rings. The van der Waals surface area contributed by atoms with E-state index in [2.05, 4.69) is 0 Å². The maximum Gasteiger partial charge on any atom is 0.385 e. The third-order valence-electron chi connectivity index (χ3n) is 1.04. The lowest BCUT2D eigenvalue weighted by Gasteiger charge is -2.14. The predicted molar refractivity (Wildman–Crippen MR) is 27.2 cm³/mol. The number of allylic oxidation sites excluding steroid dienone is 1. The molecule has 10 heavy (non-hydrogen) atoms. The number of hydrogen-bond donors (Lipinski definition) is 1. The Morgan fingerprint density at radius 3 is 2.40 bits per heavy atom. The first-order valence-electron chi connectivity index (χ1n) is 2.45. The van der Waals surface area contributed by atoms with E-state index in [-0.39, 0.29) is 0 Å². The van der Waals surface area contributed by atoms with E-state index in [0.29, 0.717) is 6.08 Å². The number of rotatable bonds is 0. The van der Waals surface area contributed by atoms with Gasteiger partial charge in [0.1, 0.15) is 0 Å². The van der Waals surface area contributed by atoms with Gasteiger partial charge in [0.2, 0.25) is 5.78 Å². The quantitative estimate of drug-likeness (QED) is 0.483. The fraction of sp³-hybridized carbons (Fsp3) is 0.200. The van der Waals surface area contributed by atoms with Crippen LogP contribution < -0.4 is 5.32 Å². The maximum absolute atomic E-state index is 12.2. The SMILES string of the molecule is O=C1C=CNC(=O)C1(F)F. The molecule has 0 radical (unpaired) electrons. The van der Waals surface area contributed by atoms with Crippen molar-refractivity contribution in [3.05, 3.63) is 12.3 Å². The van der Waals surface area contributed by atoms with E-state index in [1.807, 2.05) is 0 Å². The zero-order valence-electron chi connectivity index (χ0n) is 4.73. The van der Waals surface area contributed by atoms with E-state index in [9.17, 15) is 18.4 Å². The fourth-order valence-electron chi connectivity index (χ4n) is 0.500. The summed E-state index contributed by atoms with van der Waals surface area (Å²) >= 11 is 0. The van der Waals surface area contributed by atoms with E-state index in [1.54, 1.807) is 5.32 Å². The van der Waals surface area contributed by atoms with Crippen molar-refractivity contribution in [1.29, 1.82) is 0 Å². The van der Waals surface area contributed by atoms with Gasteiger partial charge in [-0.2, -0.15) is 8.78 Å². The summed E-state index contributed by atoms with van der Waals surface area (Å²) in [4.78, 5) is 20.4. The van der Waals surface area contributed by atoms with Crippen LogP contribution in [0, 0.1) is 0 Å². The van der Waals surface area contributed by atoms with E-state index < -0.39 is 17.6 Å². The van der Waals surface area contributed by atoms with Crippen LogP contribution in [-0.2, 0) is 9.59 Å². The summed E-state index contributed by atoms with van der Waals surface area (Å²) in [5.74, 6) is -6.93. The summed E-state index contributed by atoms with van der Waals surface area (Å²) in [6.45, 7) is 0. The van der Waals surface area contributed by atoms with Gasteiger partial charge in [-0.15, -0.1) is 0 Å². The van der Waals surface area contributed by atoms with Gasteiger partial charge in [-0.05, 0) is 0 Å². The van der Waals surface area contributed by atoms with Gasteiger partial charge in [-0.25, -0.2) is 0 Å². The Morgan fingerprint density at radius 2 is 2.00 bits per heavy atom. The Hall–Kier alpha value is -1.26. The zero-order valence-corrected chi connectivity index (χ0v) is 4.73. The Labute approximate surface area is 54.7 Å². The minimum Gasteiger partial charge on any atom is -0.327 e. The van der Waals surface area contributed by atoms with Crippen molar-refractivity contribution >= 4 is 11.7 Å². The maximum atomic E-state index is 12.2.